The van der Waals surface area contributed by atoms with Crippen molar-refractivity contribution in [3.8, 4) is 11.1 Å². The van der Waals surface area contributed by atoms with Gasteiger partial charge in [0.05, 0.1) is 35.5 Å². The van der Waals surface area contributed by atoms with Crippen LogP contribution in [-0.4, -0.2) is 47.3 Å². The Labute approximate surface area is 160 Å². The molecule has 0 amide bonds. The Balaban J connectivity index is 2.55. The van der Waals surface area contributed by atoms with Gasteiger partial charge >= 0.3 is 23.9 Å². The van der Waals surface area contributed by atoms with E-state index in [0.717, 1.165) is 0 Å². The smallest absolute Gasteiger partial charge is 0.338 e. The van der Waals surface area contributed by atoms with Gasteiger partial charge in [-0.1, -0.05) is 12.1 Å². The highest BCUT2D eigenvalue weighted by Crippen LogP contribution is 2.26. The van der Waals surface area contributed by atoms with Crippen LogP contribution in [0.25, 0.3) is 11.1 Å². The van der Waals surface area contributed by atoms with Gasteiger partial charge in [0.1, 0.15) is 0 Å². The van der Waals surface area contributed by atoms with Gasteiger partial charge in [-0.05, 0) is 49.2 Å². The first kappa shape index (κ1) is 20.6. The van der Waals surface area contributed by atoms with Crippen molar-refractivity contribution in [2.45, 2.75) is 13.8 Å². The average molecular weight is 386 g/mol. The van der Waals surface area contributed by atoms with Crippen molar-refractivity contribution in [1.29, 1.82) is 0 Å². The lowest BCUT2D eigenvalue weighted by molar-refractivity contribution is 0.0509. The van der Waals surface area contributed by atoms with E-state index in [1.165, 1.54) is 36.4 Å². The largest absolute Gasteiger partial charge is 0.478 e. The van der Waals surface area contributed by atoms with Gasteiger partial charge in [0.15, 0.2) is 0 Å². The fourth-order valence-corrected chi connectivity index (χ4v) is 2.58. The van der Waals surface area contributed by atoms with E-state index in [0.29, 0.717) is 11.1 Å². The van der Waals surface area contributed by atoms with Crippen molar-refractivity contribution < 1.29 is 38.9 Å². The highest BCUT2D eigenvalue weighted by atomic mass is 16.5. The zero-order valence-corrected chi connectivity index (χ0v) is 15.2. The van der Waals surface area contributed by atoms with Crippen molar-refractivity contribution in [3.63, 3.8) is 0 Å². The maximum atomic E-state index is 11.9. The lowest BCUT2D eigenvalue weighted by atomic mass is 9.96. The van der Waals surface area contributed by atoms with Crippen LogP contribution in [-0.2, 0) is 9.47 Å². The number of ether oxygens (including phenoxy) is 2. The Bertz CT molecular complexity index is 868. The number of aromatic carboxylic acids is 2. The van der Waals surface area contributed by atoms with Crippen LogP contribution in [0.2, 0.25) is 0 Å². The highest BCUT2D eigenvalue weighted by Gasteiger charge is 2.21. The van der Waals surface area contributed by atoms with Crippen molar-refractivity contribution in [1.82, 2.24) is 0 Å². The molecule has 0 aromatic heterocycles. The Hall–Kier alpha value is -3.68. The number of carbonyl (C=O) groups is 4. The summed E-state index contributed by atoms with van der Waals surface area (Å²) < 4.78 is 9.70. The second-order valence-electron chi connectivity index (χ2n) is 5.57. The fraction of sp³-hybridized carbons (Fsp3) is 0.200. The number of hydrogen-bond donors (Lipinski definition) is 2. The second kappa shape index (κ2) is 8.81. The van der Waals surface area contributed by atoms with Crippen molar-refractivity contribution in [2.24, 2.45) is 0 Å². The van der Waals surface area contributed by atoms with Crippen molar-refractivity contribution in [3.05, 3.63) is 58.7 Å². The van der Waals surface area contributed by atoms with E-state index in [4.69, 9.17) is 9.47 Å². The summed E-state index contributed by atoms with van der Waals surface area (Å²) >= 11 is 0. The number of hydrogen-bond acceptors (Lipinski definition) is 6. The molecule has 2 aromatic carbocycles. The molecule has 0 fully saturated rings. The first-order valence-corrected chi connectivity index (χ1v) is 8.39. The lowest BCUT2D eigenvalue weighted by Crippen LogP contribution is -2.12. The van der Waals surface area contributed by atoms with Gasteiger partial charge in [-0.3, -0.25) is 0 Å². The molecule has 0 radical (unpaired) electrons. The first-order valence-electron chi connectivity index (χ1n) is 8.39. The van der Waals surface area contributed by atoms with Gasteiger partial charge in [0.2, 0.25) is 0 Å². The van der Waals surface area contributed by atoms with Crippen LogP contribution in [0.5, 0.6) is 0 Å². The van der Waals surface area contributed by atoms with E-state index >= 15 is 0 Å². The average Bonchev–Trinajstić information content (AvgIpc) is 2.67. The minimum atomic E-state index is -1.33. The number of carboxylic acid groups (broad SMARTS) is 2. The lowest BCUT2D eigenvalue weighted by Gasteiger charge is -2.11. The summed E-state index contributed by atoms with van der Waals surface area (Å²) in [5, 5.41) is 18.8. The minimum absolute atomic E-state index is 0.0942. The minimum Gasteiger partial charge on any atom is -0.478 e. The fourth-order valence-electron chi connectivity index (χ4n) is 2.58. The van der Waals surface area contributed by atoms with Gasteiger partial charge in [-0.2, -0.15) is 0 Å². The molecule has 8 heteroatoms. The maximum absolute atomic E-state index is 11.9. The standard InChI is InChI=1S/C20H18O8/c1-3-27-19(25)13-7-5-11(9-15(13)17(21)22)12-6-8-14(20(26)28-4-2)16(10-12)18(23)24/h5-10H,3-4H2,1-2H3,(H,21,22)(H,23,24). The maximum Gasteiger partial charge on any atom is 0.338 e. The molecule has 0 saturated heterocycles. The Morgan fingerprint density at radius 1 is 0.679 bits per heavy atom. The third kappa shape index (κ3) is 4.35. The van der Waals surface area contributed by atoms with E-state index < -0.39 is 23.9 Å². The van der Waals surface area contributed by atoms with Gasteiger partial charge in [-0.15, -0.1) is 0 Å². The molecule has 0 atom stereocenters. The van der Waals surface area contributed by atoms with E-state index in [1.54, 1.807) is 13.8 Å². The number of esters is 2. The van der Waals surface area contributed by atoms with Crippen LogP contribution in [0.1, 0.15) is 55.3 Å². The predicted octanol–water partition coefficient (Wildman–Crippen LogP) is 3.10. The number of carbonyl (C=O) groups excluding carboxylic acids is 2. The number of rotatable bonds is 7. The normalized spacial score (nSPS) is 10.2. The molecule has 0 aliphatic rings. The van der Waals surface area contributed by atoms with Gasteiger partial charge in [-0.25, -0.2) is 19.2 Å². The third-order valence-electron chi connectivity index (χ3n) is 3.82. The van der Waals surface area contributed by atoms with E-state index in [1.807, 2.05) is 0 Å². The molecule has 0 aliphatic heterocycles. The Morgan fingerprint density at radius 2 is 1.04 bits per heavy atom. The summed E-state index contributed by atoms with van der Waals surface area (Å²) in [5.74, 6) is -4.19. The summed E-state index contributed by atoms with van der Waals surface area (Å²) in [6.45, 7) is 3.39. The van der Waals surface area contributed by atoms with Gasteiger partial charge < -0.3 is 19.7 Å². The summed E-state index contributed by atoms with van der Waals surface area (Å²) in [6, 6.07) is 8.06. The SMILES string of the molecule is CCOC(=O)c1ccc(-c2ccc(C(=O)OCC)c(C(=O)O)c2)cc1C(=O)O. The van der Waals surface area contributed by atoms with Crippen LogP contribution in [0, 0.1) is 0 Å². The molecular formula is C20H18O8. The highest BCUT2D eigenvalue weighted by molar-refractivity contribution is 6.05. The molecule has 2 N–H and O–H groups in total. The zero-order chi connectivity index (χ0) is 20.8. The molecule has 0 bridgehead atoms. The number of benzene rings is 2. The molecule has 2 aromatic rings. The van der Waals surface area contributed by atoms with Crippen LogP contribution in [0.3, 0.4) is 0 Å². The summed E-state index contributed by atoms with van der Waals surface area (Å²) in [7, 11) is 0. The van der Waals surface area contributed by atoms with Crippen molar-refractivity contribution >= 4 is 23.9 Å². The molecule has 0 unspecified atom stereocenters. The third-order valence-corrected chi connectivity index (χ3v) is 3.82. The van der Waals surface area contributed by atoms with Crippen LogP contribution >= 0.6 is 0 Å². The summed E-state index contributed by atoms with van der Waals surface area (Å²) in [5.41, 5.74) is -0.0456. The molecule has 146 valence electrons. The predicted molar refractivity (Wildman–Crippen MR) is 97.7 cm³/mol. The molecule has 28 heavy (non-hydrogen) atoms. The van der Waals surface area contributed by atoms with Crippen molar-refractivity contribution in [2.75, 3.05) is 13.2 Å². The molecular weight excluding hydrogens is 368 g/mol. The second-order valence-corrected chi connectivity index (χ2v) is 5.57. The first-order chi connectivity index (χ1) is 13.3. The van der Waals surface area contributed by atoms with Crippen LogP contribution < -0.4 is 0 Å². The number of carboxylic acids is 2. The molecule has 0 aliphatic carbocycles. The molecule has 0 heterocycles. The molecule has 2 rings (SSSR count). The van der Waals surface area contributed by atoms with Crippen LogP contribution in [0.15, 0.2) is 36.4 Å². The van der Waals surface area contributed by atoms with E-state index in [9.17, 15) is 29.4 Å². The molecule has 0 saturated carbocycles. The van der Waals surface area contributed by atoms with Crippen LogP contribution in [0.4, 0.5) is 0 Å². The van der Waals surface area contributed by atoms with E-state index in [-0.39, 0.29) is 35.5 Å². The van der Waals surface area contributed by atoms with E-state index in [2.05, 4.69) is 0 Å². The topological polar surface area (TPSA) is 127 Å². The summed E-state index contributed by atoms with van der Waals surface area (Å²) in [6.07, 6.45) is 0. The van der Waals surface area contributed by atoms with Gasteiger partial charge in [0.25, 0.3) is 0 Å². The molecule has 8 nitrogen and oxygen atoms in total. The monoisotopic (exact) mass is 386 g/mol. The Morgan fingerprint density at radius 3 is 1.32 bits per heavy atom. The van der Waals surface area contributed by atoms with Gasteiger partial charge in [0, 0.05) is 0 Å². The Kier molecular flexibility index (Phi) is 6.49. The zero-order valence-electron chi connectivity index (χ0n) is 15.2. The summed E-state index contributed by atoms with van der Waals surface area (Å²) in [4.78, 5) is 46.9. The quantitative estimate of drug-likeness (QED) is 0.695. The molecule has 0 spiro atoms.